The second-order valence-corrected chi connectivity index (χ2v) is 2.85. The van der Waals surface area contributed by atoms with E-state index < -0.39 is 0 Å². The molecule has 2 aromatic heterocycles. The summed E-state index contributed by atoms with van der Waals surface area (Å²) in [7, 11) is 0. The lowest BCUT2D eigenvalue weighted by atomic mass is 10.3. The van der Waals surface area contributed by atoms with Crippen molar-refractivity contribution in [1.29, 1.82) is 0 Å². The van der Waals surface area contributed by atoms with E-state index in [0.29, 0.717) is 17.9 Å². The van der Waals surface area contributed by atoms with E-state index in [1.807, 2.05) is 19.9 Å². The quantitative estimate of drug-likeness (QED) is 0.595. The Kier molecular flexibility index (Phi) is 1.58. The van der Waals surface area contributed by atoms with Crippen LogP contribution < -0.4 is 0 Å². The standard InChI is InChI=1S/C8H8N4O/c1-5-3-6(2)12-7(4-13)10-11-8(12)9-5/h3-4H,1-2H3. The number of carbonyl (C=O) groups excluding carboxylic acids is 1. The van der Waals surface area contributed by atoms with E-state index in [4.69, 9.17) is 0 Å². The van der Waals surface area contributed by atoms with E-state index in [2.05, 4.69) is 15.2 Å². The fourth-order valence-corrected chi connectivity index (χ4v) is 1.33. The maximum Gasteiger partial charge on any atom is 0.255 e. The van der Waals surface area contributed by atoms with E-state index in [1.54, 1.807) is 4.40 Å². The highest BCUT2D eigenvalue weighted by Crippen LogP contribution is 2.05. The zero-order valence-electron chi connectivity index (χ0n) is 7.35. The molecular weight excluding hydrogens is 168 g/mol. The topological polar surface area (TPSA) is 60.2 Å². The normalized spacial score (nSPS) is 10.6. The Balaban J connectivity index is 2.89. The van der Waals surface area contributed by atoms with Crippen molar-refractivity contribution < 1.29 is 4.79 Å². The summed E-state index contributed by atoms with van der Waals surface area (Å²) in [6.07, 6.45) is 0.671. The number of aldehydes is 1. The van der Waals surface area contributed by atoms with Gasteiger partial charge in [-0.1, -0.05) is 0 Å². The van der Waals surface area contributed by atoms with Gasteiger partial charge in [-0.25, -0.2) is 4.98 Å². The Morgan fingerprint density at radius 2 is 2.15 bits per heavy atom. The van der Waals surface area contributed by atoms with Crippen LogP contribution in [0.2, 0.25) is 0 Å². The van der Waals surface area contributed by atoms with Crippen LogP contribution in [0.15, 0.2) is 6.07 Å². The molecule has 0 aliphatic rings. The summed E-state index contributed by atoms with van der Waals surface area (Å²) in [5.41, 5.74) is 1.78. The molecule has 2 rings (SSSR count). The van der Waals surface area contributed by atoms with Crippen LogP contribution in [0.5, 0.6) is 0 Å². The second-order valence-electron chi connectivity index (χ2n) is 2.85. The van der Waals surface area contributed by atoms with E-state index in [9.17, 15) is 4.79 Å². The minimum Gasteiger partial charge on any atom is -0.294 e. The van der Waals surface area contributed by atoms with Crippen molar-refractivity contribution in [3.05, 3.63) is 23.3 Å². The number of rotatable bonds is 1. The van der Waals surface area contributed by atoms with Crippen molar-refractivity contribution in [2.45, 2.75) is 13.8 Å². The Morgan fingerprint density at radius 3 is 2.85 bits per heavy atom. The Bertz CT molecular complexity index is 474. The maximum absolute atomic E-state index is 10.6. The van der Waals surface area contributed by atoms with Crippen LogP contribution in [0.4, 0.5) is 0 Å². The number of aryl methyl sites for hydroxylation is 2. The smallest absolute Gasteiger partial charge is 0.255 e. The Labute approximate surface area is 74.4 Å². The highest BCUT2D eigenvalue weighted by Gasteiger charge is 2.07. The number of fused-ring (bicyclic) bond motifs is 1. The van der Waals surface area contributed by atoms with Crippen molar-refractivity contribution in [3.8, 4) is 0 Å². The third-order valence-corrected chi connectivity index (χ3v) is 1.82. The SMILES string of the molecule is Cc1cc(C)n2c(C=O)nnc2n1. The lowest BCUT2D eigenvalue weighted by Gasteiger charge is -1.99. The molecule has 5 heteroatoms. The molecule has 2 heterocycles. The number of carbonyl (C=O) groups is 1. The highest BCUT2D eigenvalue weighted by molar-refractivity contribution is 5.70. The van der Waals surface area contributed by atoms with Gasteiger partial charge in [-0.2, -0.15) is 0 Å². The molecule has 0 radical (unpaired) electrons. The predicted molar refractivity (Wildman–Crippen MR) is 45.6 cm³/mol. The number of nitrogens with zero attached hydrogens (tertiary/aromatic N) is 4. The predicted octanol–water partition coefficient (Wildman–Crippen LogP) is 0.554. The highest BCUT2D eigenvalue weighted by atomic mass is 16.1. The molecule has 0 saturated heterocycles. The number of hydrogen-bond donors (Lipinski definition) is 0. The van der Waals surface area contributed by atoms with Gasteiger partial charge in [-0.05, 0) is 19.9 Å². The molecule has 0 aliphatic heterocycles. The average Bonchev–Trinajstić information content (AvgIpc) is 2.47. The van der Waals surface area contributed by atoms with Crippen LogP contribution in [0.25, 0.3) is 5.78 Å². The molecule has 5 nitrogen and oxygen atoms in total. The summed E-state index contributed by atoms with van der Waals surface area (Å²) in [6.45, 7) is 3.76. The van der Waals surface area contributed by atoms with Gasteiger partial charge in [0.1, 0.15) is 0 Å². The molecule has 66 valence electrons. The molecule has 0 spiro atoms. The van der Waals surface area contributed by atoms with Crippen LogP contribution >= 0.6 is 0 Å². The molecule has 0 unspecified atom stereocenters. The molecule has 2 aromatic rings. The zero-order chi connectivity index (χ0) is 9.42. The van der Waals surface area contributed by atoms with Crippen molar-refractivity contribution in [1.82, 2.24) is 19.6 Å². The minimum absolute atomic E-state index is 0.292. The summed E-state index contributed by atoms with van der Waals surface area (Å²) in [6, 6.07) is 1.88. The zero-order valence-corrected chi connectivity index (χ0v) is 7.35. The van der Waals surface area contributed by atoms with Crippen LogP contribution in [-0.2, 0) is 0 Å². The molecule has 0 atom stereocenters. The van der Waals surface area contributed by atoms with Crippen molar-refractivity contribution in [2.75, 3.05) is 0 Å². The number of hydrogen-bond acceptors (Lipinski definition) is 4. The monoisotopic (exact) mass is 176 g/mol. The van der Waals surface area contributed by atoms with Gasteiger partial charge in [0, 0.05) is 11.4 Å². The minimum atomic E-state index is 0.292. The van der Waals surface area contributed by atoms with E-state index in [0.717, 1.165) is 11.4 Å². The maximum atomic E-state index is 10.6. The summed E-state index contributed by atoms with van der Waals surface area (Å²) >= 11 is 0. The first-order valence-electron chi connectivity index (χ1n) is 3.87. The van der Waals surface area contributed by atoms with Crippen LogP contribution in [0, 0.1) is 13.8 Å². The van der Waals surface area contributed by atoms with Gasteiger partial charge in [-0.3, -0.25) is 9.20 Å². The largest absolute Gasteiger partial charge is 0.294 e. The van der Waals surface area contributed by atoms with Gasteiger partial charge in [-0.15, -0.1) is 10.2 Å². The van der Waals surface area contributed by atoms with Crippen LogP contribution in [0.3, 0.4) is 0 Å². The van der Waals surface area contributed by atoms with E-state index in [-0.39, 0.29) is 0 Å². The average molecular weight is 176 g/mol. The molecule has 0 aliphatic carbocycles. The first kappa shape index (κ1) is 7.85. The lowest BCUT2D eigenvalue weighted by molar-refractivity contribution is 0.111. The van der Waals surface area contributed by atoms with Gasteiger partial charge in [0.15, 0.2) is 6.29 Å². The molecule has 0 fully saturated rings. The fourth-order valence-electron chi connectivity index (χ4n) is 1.33. The van der Waals surface area contributed by atoms with Gasteiger partial charge in [0.2, 0.25) is 5.82 Å². The first-order valence-corrected chi connectivity index (χ1v) is 3.87. The second kappa shape index (κ2) is 2.62. The van der Waals surface area contributed by atoms with Crippen LogP contribution in [0.1, 0.15) is 22.0 Å². The Hall–Kier alpha value is -1.78. The van der Waals surface area contributed by atoms with E-state index in [1.165, 1.54) is 0 Å². The summed E-state index contributed by atoms with van der Waals surface area (Å²) in [4.78, 5) is 14.7. The molecule has 13 heavy (non-hydrogen) atoms. The Morgan fingerprint density at radius 1 is 1.38 bits per heavy atom. The molecule has 0 saturated carbocycles. The molecule has 0 bridgehead atoms. The molecule has 0 amide bonds. The summed E-state index contributed by atoms with van der Waals surface area (Å²) < 4.78 is 1.62. The summed E-state index contributed by atoms with van der Waals surface area (Å²) in [5, 5.41) is 7.48. The molecular formula is C8H8N4O. The summed E-state index contributed by atoms with van der Waals surface area (Å²) in [5.74, 6) is 0.764. The van der Waals surface area contributed by atoms with Crippen LogP contribution in [-0.4, -0.2) is 25.9 Å². The third-order valence-electron chi connectivity index (χ3n) is 1.82. The molecule has 0 N–H and O–H groups in total. The van der Waals surface area contributed by atoms with Gasteiger partial charge in [0.25, 0.3) is 5.78 Å². The van der Waals surface area contributed by atoms with Gasteiger partial charge >= 0.3 is 0 Å². The first-order chi connectivity index (χ1) is 6.22. The fraction of sp³-hybridized carbons (Fsp3) is 0.250. The van der Waals surface area contributed by atoms with Crippen molar-refractivity contribution in [3.63, 3.8) is 0 Å². The van der Waals surface area contributed by atoms with E-state index >= 15 is 0 Å². The number of aromatic nitrogens is 4. The lowest BCUT2D eigenvalue weighted by Crippen LogP contribution is -1.99. The third kappa shape index (κ3) is 1.09. The van der Waals surface area contributed by atoms with Gasteiger partial charge in [0.05, 0.1) is 0 Å². The van der Waals surface area contributed by atoms with Crippen molar-refractivity contribution >= 4 is 12.1 Å². The van der Waals surface area contributed by atoms with Crippen molar-refractivity contribution in [2.24, 2.45) is 0 Å². The van der Waals surface area contributed by atoms with Gasteiger partial charge < -0.3 is 0 Å². The molecule has 0 aromatic carbocycles.